The summed E-state index contributed by atoms with van der Waals surface area (Å²) in [5.41, 5.74) is 2.35. The van der Waals surface area contributed by atoms with E-state index in [9.17, 15) is 4.79 Å². The molecule has 0 spiro atoms. The van der Waals surface area contributed by atoms with E-state index in [1.54, 1.807) is 17.5 Å². The zero-order valence-corrected chi connectivity index (χ0v) is 14.4. The highest BCUT2D eigenvalue weighted by Crippen LogP contribution is 2.58. The van der Waals surface area contributed by atoms with Gasteiger partial charge in [0.05, 0.1) is 5.41 Å². The molecule has 3 unspecified atom stereocenters. The van der Waals surface area contributed by atoms with Crippen molar-refractivity contribution in [3.8, 4) is 0 Å². The largest absolute Gasteiger partial charge is 0.291 e. The van der Waals surface area contributed by atoms with Crippen LogP contribution < -0.4 is 0 Å². The van der Waals surface area contributed by atoms with Crippen molar-refractivity contribution in [1.29, 1.82) is 0 Å². The lowest BCUT2D eigenvalue weighted by Crippen LogP contribution is -2.47. The van der Waals surface area contributed by atoms with E-state index in [0.717, 1.165) is 12.0 Å². The molecule has 25 heavy (non-hydrogen) atoms. The molecule has 0 aliphatic heterocycles. The number of aromatic nitrogens is 1. The number of thiophene rings is 1. The summed E-state index contributed by atoms with van der Waals surface area (Å²) in [6.07, 6.45) is 7.07. The lowest BCUT2D eigenvalue weighted by atomic mass is 9.54. The Morgan fingerprint density at radius 1 is 1.08 bits per heavy atom. The Hall–Kier alpha value is -2.52. The Bertz CT molecular complexity index is 961. The molecule has 1 aromatic carbocycles. The summed E-state index contributed by atoms with van der Waals surface area (Å²) in [5, 5.41) is 2.10. The van der Waals surface area contributed by atoms with Crippen molar-refractivity contribution in [3.63, 3.8) is 0 Å². The van der Waals surface area contributed by atoms with Crippen molar-refractivity contribution in [2.75, 3.05) is 0 Å². The zero-order chi connectivity index (χ0) is 16.9. The molecule has 0 saturated heterocycles. The summed E-state index contributed by atoms with van der Waals surface area (Å²) in [6, 6.07) is 18.3. The van der Waals surface area contributed by atoms with Gasteiger partial charge in [-0.25, -0.2) is 0 Å². The fraction of sp³-hybridized carbons (Fsp3) is 0.182. The number of Topliss-reactive ketones (excluding diaryl/α,β-unsaturated/α-hetero) is 1. The predicted octanol–water partition coefficient (Wildman–Crippen LogP) is 5.10. The smallest absolute Gasteiger partial charge is 0.196 e. The molecule has 0 saturated carbocycles. The van der Waals surface area contributed by atoms with Gasteiger partial charge in [0.15, 0.2) is 5.78 Å². The summed E-state index contributed by atoms with van der Waals surface area (Å²) >= 11 is 1.75. The molecule has 2 bridgehead atoms. The predicted molar refractivity (Wildman–Crippen MR) is 100 cm³/mol. The normalized spacial score (nSPS) is 26.4. The summed E-state index contributed by atoms with van der Waals surface area (Å²) < 4.78 is 0. The SMILES string of the molecule is O=C(c1ccccn1)C12C=CC(CC1c1cccs1)c1ccccc12. The second-order valence-electron chi connectivity index (χ2n) is 6.77. The average Bonchev–Trinajstić information content (AvgIpc) is 3.23. The number of carbonyl (C=O) groups excluding carboxylic acids is 1. The highest BCUT2D eigenvalue weighted by atomic mass is 32.1. The molecule has 0 N–H and O–H groups in total. The average molecular weight is 343 g/mol. The summed E-state index contributed by atoms with van der Waals surface area (Å²) in [5.74, 6) is 0.668. The number of allylic oxidation sites excluding steroid dienone is 2. The number of nitrogens with zero attached hydrogens (tertiary/aromatic N) is 1. The van der Waals surface area contributed by atoms with Crippen LogP contribution in [0.1, 0.15) is 44.7 Å². The van der Waals surface area contributed by atoms with Crippen molar-refractivity contribution in [2.24, 2.45) is 0 Å². The van der Waals surface area contributed by atoms with Crippen molar-refractivity contribution in [3.05, 3.63) is 100 Å². The third kappa shape index (κ3) is 2.02. The number of rotatable bonds is 3. The van der Waals surface area contributed by atoms with Gasteiger partial charge in [-0.2, -0.15) is 0 Å². The van der Waals surface area contributed by atoms with Crippen LogP contribution >= 0.6 is 11.3 Å². The van der Waals surface area contributed by atoms with Crippen LogP contribution in [0.15, 0.2) is 78.3 Å². The number of ketones is 1. The number of hydrogen-bond donors (Lipinski definition) is 0. The molecular formula is C22H17NOS. The number of pyridine rings is 1. The molecule has 0 fully saturated rings. The molecule has 6 rings (SSSR count). The van der Waals surface area contributed by atoms with E-state index >= 15 is 0 Å². The molecule has 3 aromatic rings. The topological polar surface area (TPSA) is 30.0 Å². The van der Waals surface area contributed by atoms with Gasteiger partial charge in [-0.15, -0.1) is 11.3 Å². The van der Waals surface area contributed by atoms with Crippen LogP contribution in [-0.4, -0.2) is 10.8 Å². The third-order valence-corrected chi connectivity index (χ3v) is 6.58. The van der Waals surface area contributed by atoms with Crippen LogP contribution in [0.5, 0.6) is 0 Å². The van der Waals surface area contributed by atoms with Gasteiger partial charge < -0.3 is 0 Å². The Balaban J connectivity index is 1.77. The van der Waals surface area contributed by atoms with Crippen molar-refractivity contribution >= 4 is 17.1 Å². The van der Waals surface area contributed by atoms with E-state index in [4.69, 9.17) is 0 Å². The quantitative estimate of drug-likeness (QED) is 0.489. The number of carbonyl (C=O) groups is 1. The van der Waals surface area contributed by atoms with Gasteiger partial charge in [-0.1, -0.05) is 48.6 Å². The minimum absolute atomic E-state index is 0.105. The van der Waals surface area contributed by atoms with Gasteiger partial charge in [0.1, 0.15) is 5.69 Å². The van der Waals surface area contributed by atoms with Gasteiger partial charge >= 0.3 is 0 Å². The Labute approximate surface area is 150 Å². The van der Waals surface area contributed by atoms with Gasteiger partial charge in [0.2, 0.25) is 0 Å². The van der Waals surface area contributed by atoms with Crippen molar-refractivity contribution < 1.29 is 4.79 Å². The van der Waals surface area contributed by atoms with Gasteiger partial charge in [-0.05, 0) is 41.1 Å². The number of benzene rings is 1. The minimum atomic E-state index is -0.648. The Kier molecular flexibility index (Phi) is 3.25. The second kappa shape index (κ2) is 5.50. The lowest BCUT2D eigenvalue weighted by molar-refractivity contribution is 0.0872. The molecule has 0 radical (unpaired) electrons. The minimum Gasteiger partial charge on any atom is -0.291 e. The molecule has 2 nitrogen and oxygen atoms in total. The maximum Gasteiger partial charge on any atom is 0.196 e. The lowest BCUT2D eigenvalue weighted by Gasteiger charge is -2.48. The zero-order valence-electron chi connectivity index (χ0n) is 13.6. The van der Waals surface area contributed by atoms with Crippen LogP contribution in [0.4, 0.5) is 0 Å². The third-order valence-electron chi connectivity index (χ3n) is 5.60. The monoisotopic (exact) mass is 343 g/mol. The Morgan fingerprint density at radius 3 is 2.76 bits per heavy atom. The highest BCUT2D eigenvalue weighted by Gasteiger charge is 2.54. The van der Waals surface area contributed by atoms with E-state index in [1.807, 2.05) is 24.3 Å². The highest BCUT2D eigenvalue weighted by molar-refractivity contribution is 7.10. The first-order valence-corrected chi connectivity index (χ1v) is 9.46. The van der Waals surface area contributed by atoms with Crippen LogP contribution in [0, 0.1) is 0 Å². The summed E-state index contributed by atoms with van der Waals surface area (Å²) in [4.78, 5) is 19.4. The van der Waals surface area contributed by atoms with Crippen LogP contribution in [-0.2, 0) is 5.41 Å². The summed E-state index contributed by atoms with van der Waals surface area (Å²) in [6.45, 7) is 0. The van der Waals surface area contributed by atoms with E-state index in [-0.39, 0.29) is 11.7 Å². The first-order valence-electron chi connectivity index (χ1n) is 8.58. The van der Waals surface area contributed by atoms with Crippen molar-refractivity contribution in [2.45, 2.75) is 23.7 Å². The van der Waals surface area contributed by atoms with Crippen LogP contribution in [0.2, 0.25) is 0 Å². The van der Waals surface area contributed by atoms with E-state index in [1.165, 1.54) is 10.4 Å². The maximum atomic E-state index is 13.7. The number of hydrogen-bond acceptors (Lipinski definition) is 3. The standard InChI is InChI=1S/C22H17NOS/c24-21(19-8-3-4-12-23-19)22-11-10-15(16-6-1-2-7-17(16)22)14-18(22)20-9-5-13-25-20/h1-13,15,18H,14H2. The van der Waals surface area contributed by atoms with Crippen LogP contribution in [0.25, 0.3) is 0 Å². The molecule has 3 aliphatic carbocycles. The fourth-order valence-electron chi connectivity index (χ4n) is 4.50. The van der Waals surface area contributed by atoms with Gasteiger partial charge in [0, 0.05) is 22.9 Å². The first kappa shape index (κ1) is 14.8. The second-order valence-corrected chi connectivity index (χ2v) is 7.75. The van der Waals surface area contributed by atoms with E-state index in [2.05, 4.69) is 52.8 Å². The van der Waals surface area contributed by atoms with E-state index < -0.39 is 5.41 Å². The fourth-order valence-corrected chi connectivity index (χ4v) is 5.42. The maximum absolute atomic E-state index is 13.7. The molecule has 3 heteroatoms. The van der Waals surface area contributed by atoms with Gasteiger partial charge in [-0.3, -0.25) is 9.78 Å². The molecule has 3 atom stereocenters. The molecule has 2 heterocycles. The van der Waals surface area contributed by atoms with E-state index in [0.29, 0.717) is 11.6 Å². The molecule has 0 amide bonds. The van der Waals surface area contributed by atoms with Gasteiger partial charge in [0.25, 0.3) is 0 Å². The number of fused-ring (bicyclic) bond motifs is 1. The summed E-state index contributed by atoms with van der Waals surface area (Å²) in [7, 11) is 0. The first-order chi connectivity index (χ1) is 12.3. The molecular weight excluding hydrogens is 326 g/mol. The van der Waals surface area contributed by atoms with Crippen LogP contribution in [0.3, 0.4) is 0 Å². The molecule has 122 valence electrons. The molecule has 3 aliphatic rings. The molecule has 2 aromatic heterocycles. The van der Waals surface area contributed by atoms with Crippen molar-refractivity contribution in [1.82, 2.24) is 4.98 Å². The Morgan fingerprint density at radius 2 is 1.96 bits per heavy atom.